The van der Waals surface area contributed by atoms with Gasteiger partial charge in [0.2, 0.25) is 0 Å². The van der Waals surface area contributed by atoms with Crippen LogP contribution in [0.3, 0.4) is 0 Å². The third kappa shape index (κ3) is 4.12. The topological polar surface area (TPSA) is 114 Å². The van der Waals surface area contributed by atoms with Crippen LogP contribution in [0.2, 0.25) is 0 Å². The quantitative estimate of drug-likeness (QED) is 0.644. The second kappa shape index (κ2) is 7.16. The monoisotopic (exact) mass is 344 g/mol. The Morgan fingerprint density at radius 2 is 2.08 bits per heavy atom. The summed E-state index contributed by atoms with van der Waals surface area (Å²) in [6.07, 6.45) is 1.81. The Morgan fingerprint density at radius 1 is 1.38 bits per heavy atom. The normalized spacial score (nSPS) is 19.1. The number of para-hydroxylation sites is 1. The van der Waals surface area contributed by atoms with Crippen molar-refractivity contribution in [2.75, 3.05) is 23.9 Å². The smallest absolute Gasteiger partial charge is 0.267 e. The molecule has 0 aliphatic carbocycles. The highest BCUT2D eigenvalue weighted by atomic mass is 32.2. The van der Waals surface area contributed by atoms with Crippen molar-refractivity contribution in [2.45, 2.75) is 12.5 Å². The second-order valence-electron chi connectivity index (χ2n) is 5.49. The van der Waals surface area contributed by atoms with Gasteiger partial charge in [0.15, 0.2) is 9.84 Å². The van der Waals surface area contributed by atoms with Gasteiger partial charge in [-0.1, -0.05) is 12.1 Å². The van der Waals surface area contributed by atoms with E-state index in [1.54, 1.807) is 36.2 Å². The zero-order valence-electron chi connectivity index (χ0n) is 13.1. The van der Waals surface area contributed by atoms with Crippen LogP contribution in [0.15, 0.2) is 36.0 Å². The summed E-state index contributed by atoms with van der Waals surface area (Å²) in [4.78, 5) is 13.8. The minimum atomic E-state index is -3.05. The number of carbonyl (C=O) groups is 1. The molecule has 0 bridgehead atoms. The van der Waals surface area contributed by atoms with Gasteiger partial charge in [-0.3, -0.25) is 4.79 Å². The first kappa shape index (κ1) is 17.5. The molecular formula is C16H16N4O3S. The molecule has 1 aliphatic rings. The van der Waals surface area contributed by atoms with Crippen LogP contribution in [0.4, 0.5) is 5.69 Å². The van der Waals surface area contributed by atoms with Crippen LogP contribution in [-0.2, 0) is 14.6 Å². The van der Waals surface area contributed by atoms with E-state index in [0.29, 0.717) is 17.7 Å². The molecule has 0 radical (unpaired) electrons. The first-order chi connectivity index (χ1) is 11.4. The van der Waals surface area contributed by atoms with E-state index >= 15 is 0 Å². The molecule has 1 aromatic rings. The number of hydrogen-bond donors (Lipinski definition) is 1. The molecule has 124 valence electrons. The fourth-order valence-electron chi connectivity index (χ4n) is 2.42. The van der Waals surface area contributed by atoms with Crippen LogP contribution in [0.1, 0.15) is 12.0 Å². The van der Waals surface area contributed by atoms with Crippen molar-refractivity contribution in [3.63, 3.8) is 0 Å². The maximum atomic E-state index is 12.2. The number of anilines is 1. The van der Waals surface area contributed by atoms with Crippen molar-refractivity contribution >= 4 is 21.4 Å². The van der Waals surface area contributed by atoms with Crippen LogP contribution in [0.5, 0.6) is 0 Å². The first-order valence-electron chi connectivity index (χ1n) is 7.21. The number of carbonyl (C=O) groups excluding carboxylic acids is 1. The van der Waals surface area contributed by atoms with E-state index < -0.39 is 15.7 Å². The SMILES string of the molecule is CN(/C=C(/C#N)C(=O)Nc1ccccc1C#N)C1CCS(=O)(=O)C1. The predicted molar refractivity (Wildman–Crippen MR) is 88.3 cm³/mol. The zero-order chi connectivity index (χ0) is 17.7. The molecule has 2 rings (SSSR count). The van der Waals surface area contributed by atoms with Crippen molar-refractivity contribution < 1.29 is 13.2 Å². The molecule has 0 saturated carbocycles. The largest absolute Gasteiger partial charge is 0.375 e. The molecule has 0 spiro atoms. The summed E-state index contributed by atoms with van der Waals surface area (Å²) in [5.74, 6) is -0.523. The molecule has 7 nitrogen and oxygen atoms in total. The summed E-state index contributed by atoms with van der Waals surface area (Å²) in [6.45, 7) is 0. The molecule has 1 aliphatic heterocycles. The maximum absolute atomic E-state index is 12.2. The number of nitrogens with zero attached hydrogens (tertiary/aromatic N) is 3. The predicted octanol–water partition coefficient (Wildman–Crippen LogP) is 1.02. The Kier molecular flexibility index (Phi) is 5.22. The Morgan fingerprint density at radius 3 is 2.67 bits per heavy atom. The van der Waals surface area contributed by atoms with Crippen LogP contribution in [-0.4, -0.2) is 43.8 Å². The van der Waals surface area contributed by atoms with Gasteiger partial charge in [-0.2, -0.15) is 10.5 Å². The molecule has 1 aromatic carbocycles. The molecule has 8 heteroatoms. The Bertz CT molecular complexity index is 862. The van der Waals surface area contributed by atoms with E-state index in [2.05, 4.69) is 5.32 Å². The lowest BCUT2D eigenvalue weighted by atomic mass is 10.2. The molecule has 1 atom stereocenters. The summed E-state index contributed by atoms with van der Waals surface area (Å²) < 4.78 is 23.0. The molecule has 1 N–H and O–H groups in total. The highest BCUT2D eigenvalue weighted by Crippen LogP contribution is 2.18. The van der Waals surface area contributed by atoms with E-state index in [-0.39, 0.29) is 23.1 Å². The molecular weight excluding hydrogens is 328 g/mol. The Hall–Kier alpha value is -2.84. The van der Waals surface area contributed by atoms with E-state index in [0.717, 1.165) is 0 Å². The first-order valence-corrected chi connectivity index (χ1v) is 9.03. The molecule has 0 aromatic heterocycles. The van der Waals surface area contributed by atoms with Crippen molar-refractivity contribution in [1.82, 2.24) is 4.90 Å². The second-order valence-corrected chi connectivity index (χ2v) is 7.72. The van der Waals surface area contributed by atoms with Crippen molar-refractivity contribution in [1.29, 1.82) is 10.5 Å². The van der Waals surface area contributed by atoms with Gasteiger partial charge in [0.25, 0.3) is 5.91 Å². The highest BCUT2D eigenvalue weighted by Gasteiger charge is 2.30. The number of nitrogens with one attached hydrogen (secondary N) is 1. The maximum Gasteiger partial charge on any atom is 0.267 e. The summed E-state index contributed by atoms with van der Waals surface area (Å²) in [6, 6.07) is 9.98. The lowest BCUT2D eigenvalue weighted by Gasteiger charge is -2.21. The summed E-state index contributed by atoms with van der Waals surface area (Å²) in [5, 5.41) is 20.8. The third-order valence-corrected chi connectivity index (χ3v) is 5.53. The summed E-state index contributed by atoms with van der Waals surface area (Å²) in [5.41, 5.74) is 0.449. The fourth-order valence-corrected chi connectivity index (χ4v) is 4.21. The van der Waals surface area contributed by atoms with Crippen LogP contribution < -0.4 is 5.32 Å². The number of benzene rings is 1. The van der Waals surface area contributed by atoms with Gasteiger partial charge in [-0.25, -0.2) is 8.42 Å². The van der Waals surface area contributed by atoms with E-state index in [1.807, 2.05) is 12.1 Å². The van der Waals surface area contributed by atoms with E-state index in [1.165, 1.54) is 6.20 Å². The minimum Gasteiger partial charge on any atom is -0.375 e. The van der Waals surface area contributed by atoms with Crippen LogP contribution >= 0.6 is 0 Å². The lowest BCUT2D eigenvalue weighted by Crippen LogP contribution is -2.29. The van der Waals surface area contributed by atoms with Gasteiger partial charge in [0.05, 0.1) is 22.8 Å². The summed E-state index contributed by atoms with van der Waals surface area (Å²) >= 11 is 0. The Balaban J connectivity index is 2.14. The van der Waals surface area contributed by atoms with Gasteiger partial charge in [-0.05, 0) is 18.6 Å². The minimum absolute atomic E-state index is 0.0115. The highest BCUT2D eigenvalue weighted by molar-refractivity contribution is 7.91. The van der Waals surface area contributed by atoms with E-state index in [4.69, 9.17) is 5.26 Å². The number of sulfone groups is 1. The standard InChI is InChI=1S/C16H16N4O3S/c1-20(14-6-7-24(22,23)11-14)10-13(9-18)16(21)19-15-5-3-2-4-12(15)8-17/h2-5,10,14H,6-7,11H2,1H3,(H,19,21)/b13-10-. The summed E-state index contributed by atoms with van der Waals surface area (Å²) in [7, 11) is -1.41. The molecule has 1 saturated heterocycles. The molecule has 1 unspecified atom stereocenters. The number of nitriles is 2. The molecule has 1 amide bonds. The van der Waals surface area contributed by atoms with Gasteiger partial charge >= 0.3 is 0 Å². The number of rotatable bonds is 4. The van der Waals surface area contributed by atoms with Crippen molar-refractivity contribution in [3.8, 4) is 12.1 Å². The molecule has 24 heavy (non-hydrogen) atoms. The average molecular weight is 344 g/mol. The molecule has 1 heterocycles. The number of hydrogen-bond acceptors (Lipinski definition) is 6. The average Bonchev–Trinajstić information content (AvgIpc) is 2.92. The Labute approximate surface area is 140 Å². The lowest BCUT2D eigenvalue weighted by molar-refractivity contribution is -0.112. The third-order valence-electron chi connectivity index (χ3n) is 3.78. The van der Waals surface area contributed by atoms with Gasteiger partial charge < -0.3 is 10.2 Å². The van der Waals surface area contributed by atoms with Gasteiger partial charge in [-0.15, -0.1) is 0 Å². The van der Waals surface area contributed by atoms with E-state index in [9.17, 15) is 18.5 Å². The zero-order valence-corrected chi connectivity index (χ0v) is 13.9. The fraction of sp³-hybridized carbons (Fsp3) is 0.312. The van der Waals surface area contributed by atoms with Crippen LogP contribution in [0, 0.1) is 22.7 Å². The molecule has 1 fully saturated rings. The van der Waals surface area contributed by atoms with Gasteiger partial charge in [0.1, 0.15) is 17.7 Å². The van der Waals surface area contributed by atoms with Crippen molar-refractivity contribution in [3.05, 3.63) is 41.6 Å². The van der Waals surface area contributed by atoms with Crippen molar-refractivity contribution in [2.24, 2.45) is 0 Å². The van der Waals surface area contributed by atoms with Crippen LogP contribution in [0.25, 0.3) is 0 Å². The number of amides is 1. The van der Waals surface area contributed by atoms with Gasteiger partial charge in [0, 0.05) is 19.3 Å².